The van der Waals surface area contributed by atoms with Crippen LogP contribution in [-0.4, -0.2) is 29.5 Å². The second-order valence-electron chi connectivity index (χ2n) is 5.65. The largest absolute Gasteiger partial charge is 0.314 e. The van der Waals surface area contributed by atoms with Crippen LogP contribution in [-0.2, 0) is 13.1 Å². The van der Waals surface area contributed by atoms with E-state index in [0.717, 1.165) is 25.0 Å². The van der Waals surface area contributed by atoms with Crippen molar-refractivity contribution in [2.24, 2.45) is 5.92 Å². The molecular formula is C14H25N3S. The topological polar surface area (TPSA) is 28.2 Å². The third-order valence-corrected chi connectivity index (χ3v) is 4.25. The summed E-state index contributed by atoms with van der Waals surface area (Å²) in [6.07, 6.45) is 4.06. The molecule has 0 spiro atoms. The average Bonchev–Trinajstić information content (AvgIpc) is 3.07. The first-order valence-electron chi connectivity index (χ1n) is 7.01. The van der Waals surface area contributed by atoms with E-state index >= 15 is 0 Å². The molecule has 102 valence electrons. The van der Waals surface area contributed by atoms with E-state index in [0.29, 0.717) is 0 Å². The molecule has 0 aromatic carbocycles. The van der Waals surface area contributed by atoms with E-state index in [1.54, 1.807) is 11.3 Å². The van der Waals surface area contributed by atoms with E-state index in [1.165, 1.54) is 36.5 Å². The van der Waals surface area contributed by atoms with Gasteiger partial charge in [-0.3, -0.25) is 4.90 Å². The van der Waals surface area contributed by atoms with E-state index in [4.69, 9.17) is 4.98 Å². The van der Waals surface area contributed by atoms with Crippen LogP contribution in [0.5, 0.6) is 0 Å². The van der Waals surface area contributed by atoms with Gasteiger partial charge >= 0.3 is 0 Å². The van der Waals surface area contributed by atoms with Crippen LogP contribution < -0.4 is 5.32 Å². The van der Waals surface area contributed by atoms with Crippen molar-refractivity contribution in [3.05, 3.63) is 16.1 Å². The number of thiazole rings is 1. The maximum atomic E-state index is 4.69. The molecule has 0 amide bonds. The van der Waals surface area contributed by atoms with Gasteiger partial charge in [-0.25, -0.2) is 4.98 Å². The molecule has 18 heavy (non-hydrogen) atoms. The highest BCUT2D eigenvalue weighted by Gasteiger charge is 2.29. The molecule has 1 heterocycles. The summed E-state index contributed by atoms with van der Waals surface area (Å²) < 4.78 is 0. The van der Waals surface area contributed by atoms with Gasteiger partial charge in [-0.05, 0) is 38.8 Å². The standard InChI is InChI=1S/C14H25N3S/c1-11(2)6-7-17(13-4-5-13)9-12-10-18-14(16-12)8-15-3/h10-11,13,15H,4-9H2,1-3H3. The number of hydrogen-bond acceptors (Lipinski definition) is 4. The van der Waals surface area contributed by atoms with Gasteiger partial charge in [0.25, 0.3) is 0 Å². The lowest BCUT2D eigenvalue weighted by atomic mass is 10.1. The summed E-state index contributed by atoms with van der Waals surface area (Å²) in [4.78, 5) is 7.31. The quantitative estimate of drug-likeness (QED) is 0.785. The average molecular weight is 267 g/mol. The molecular weight excluding hydrogens is 242 g/mol. The minimum atomic E-state index is 0.793. The Morgan fingerprint density at radius 1 is 1.50 bits per heavy atom. The Morgan fingerprint density at radius 3 is 2.89 bits per heavy atom. The van der Waals surface area contributed by atoms with Crippen LogP contribution in [0.3, 0.4) is 0 Å². The zero-order valence-electron chi connectivity index (χ0n) is 11.8. The van der Waals surface area contributed by atoms with Gasteiger partial charge in [0.05, 0.1) is 5.69 Å². The lowest BCUT2D eigenvalue weighted by molar-refractivity contribution is 0.237. The van der Waals surface area contributed by atoms with Crippen molar-refractivity contribution < 1.29 is 0 Å². The molecule has 1 aromatic rings. The van der Waals surface area contributed by atoms with E-state index in [9.17, 15) is 0 Å². The van der Waals surface area contributed by atoms with Gasteiger partial charge in [-0.2, -0.15) is 0 Å². The maximum Gasteiger partial charge on any atom is 0.107 e. The second kappa shape index (κ2) is 6.64. The minimum absolute atomic E-state index is 0.793. The molecule has 4 heteroatoms. The third-order valence-electron chi connectivity index (χ3n) is 3.35. The second-order valence-corrected chi connectivity index (χ2v) is 6.59. The first-order chi connectivity index (χ1) is 8.69. The van der Waals surface area contributed by atoms with Crippen molar-refractivity contribution in [3.8, 4) is 0 Å². The first-order valence-corrected chi connectivity index (χ1v) is 7.89. The van der Waals surface area contributed by atoms with Gasteiger partial charge in [0.2, 0.25) is 0 Å². The molecule has 1 aliphatic rings. The number of hydrogen-bond donors (Lipinski definition) is 1. The fraction of sp³-hybridized carbons (Fsp3) is 0.786. The molecule has 3 nitrogen and oxygen atoms in total. The molecule has 1 aromatic heterocycles. The monoisotopic (exact) mass is 267 g/mol. The summed E-state index contributed by atoms with van der Waals surface area (Å²) in [6, 6.07) is 0.832. The van der Waals surface area contributed by atoms with Crippen molar-refractivity contribution in [1.82, 2.24) is 15.2 Å². The summed E-state index contributed by atoms with van der Waals surface area (Å²) in [6.45, 7) is 7.76. The van der Waals surface area contributed by atoms with Crippen molar-refractivity contribution in [3.63, 3.8) is 0 Å². The Morgan fingerprint density at radius 2 is 2.28 bits per heavy atom. The highest BCUT2D eigenvalue weighted by Crippen LogP contribution is 2.29. The van der Waals surface area contributed by atoms with Crippen LogP contribution in [0.4, 0.5) is 0 Å². The molecule has 2 rings (SSSR count). The lowest BCUT2D eigenvalue weighted by Crippen LogP contribution is -2.27. The summed E-state index contributed by atoms with van der Waals surface area (Å²) in [5.74, 6) is 0.793. The Hall–Kier alpha value is -0.450. The van der Waals surface area contributed by atoms with Crippen LogP contribution in [0.15, 0.2) is 5.38 Å². The van der Waals surface area contributed by atoms with Crippen molar-refractivity contribution in [2.75, 3.05) is 13.6 Å². The Kier molecular flexibility index (Phi) is 5.15. The Labute approximate surface area is 115 Å². The number of nitrogens with zero attached hydrogens (tertiary/aromatic N) is 2. The normalized spacial score (nSPS) is 15.8. The van der Waals surface area contributed by atoms with E-state index < -0.39 is 0 Å². The molecule has 1 aliphatic carbocycles. The SMILES string of the molecule is CNCc1nc(CN(CCC(C)C)C2CC2)cs1. The zero-order valence-corrected chi connectivity index (χ0v) is 12.6. The van der Waals surface area contributed by atoms with Crippen LogP contribution >= 0.6 is 11.3 Å². The Balaban J connectivity index is 1.86. The summed E-state index contributed by atoms with van der Waals surface area (Å²) in [5, 5.41) is 6.58. The third kappa shape index (κ3) is 4.34. The van der Waals surface area contributed by atoms with Gasteiger partial charge in [0, 0.05) is 24.5 Å². The molecule has 1 saturated carbocycles. The highest BCUT2D eigenvalue weighted by molar-refractivity contribution is 7.09. The maximum absolute atomic E-state index is 4.69. The van der Waals surface area contributed by atoms with Crippen LogP contribution in [0.2, 0.25) is 0 Å². The fourth-order valence-electron chi connectivity index (χ4n) is 2.12. The number of nitrogens with one attached hydrogen (secondary N) is 1. The lowest BCUT2D eigenvalue weighted by Gasteiger charge is -2.21. The highest BCUT2D eigenvalue weighted by atomic mass is 32.1. The predicted molar refractivity (Wildman–Crippen MR) is 77.8 cm³/mol. The number of aromatic nitrogens is 1. The minimum Gasteiger partial charge on any atom is -0.314 e. The van der Waals surface area contributed by atoms with E-state index in [2.05, 4.69) is 29.4 Å². The predicted octanol–water partition coefficient (Wildman–Crippen LogP) is 2.87. The molecule has 0 atom stereocenters. The molecule has 0 bridgehead atoms. The fourth-order valence-corrected chi connectivity index (χ4v) is 2.91. The van der Waals surface area contributed by atoms with Crippen molar-refractivity contribution in [1.29, 1.82) is 0 Å². The molecule has 0 radical (unpaired) electrons. The molecule has 1 N–H and O–H groups in total. The molecule has 0 aliphatic heterocycles. The van der Waals surface area contributed by atoms with Crippen LogP contribution in [0.1, 0.15) is 43.8 Å². The molecule has 1 fully saturated rings. The van der Waals surface area contributed by atoms with Gasteiger partial charge < -0.3 is 5.32 Å². The molecule has 0 saturated heterocycles. The Bertz CT molecular complexity index is 358. The van der Waals surface area contributed by atoms with Gasteiger partial charge in [-0.1, -0.05) is 13.8 Å². The van der Waals surface area contributed by atoms with Crippen molar-refractivity contribution >= 4 is 11.3 Å². The van der Waals surface area contributed by atoms with Gasteiger partial charge in [0.15, 0.2) is 0 Å². The summed E-state index contributed by atoms with van der Waals surface area (Å²) in [7, 11) is 1.97. The first kappa shape index (κ1) is 14.0. The number of rotatable bonds is 8. The van der Waals surface area contributed by atoms with Crippen molar-refractivity contribution in [2.45, 2.75) is 52.2 Å². The summed E-state index contributed by atoms with van der Waals surface area (Å²) in [5.41, 5.74) is 1.25. The summed E-state index contributed by atoms with van der Waals surface area (Å²) >= 11 is 1.77. The molecule has 0 unspecified atom stereocenters. The van der Waals surface area contributed by atoms with Gasteiger partial charge in [-0.15, -0.1) is 11.3 Å². The van der Waals surface area contributed by atoms with Gasteiger partial charge in [0.1, 0.15) is 5.01 Å². The van der Waals surface area contributed by atoms with E-state index in [1.807, 2.05) is 7.05 Å². The van der Waals surface area contributed by atoms with Crippen LogP contribution in [0.25, 0.3) is 0 Å². The zero-order chi connectivity index (χ0) is 13.0. The smallest absolute Gasteiger partial charge is 0.107 e. The van der Waals surface area contributed by atoms with E-state index in [-0.39, 0.29) is 0 Å². The van der Waals surface area contributed by atoms with Crippen LogP contribution in [0, 0.1) is 5.92 Å².